The molecule has 1 aromatic heterocycles. The molecule has 5 nitrogen and oxygen atoms in total. The van der Waals surface area contributed by atoms with E-state index in [1.165, 1.54) is 13.8 Å². The summed E-state index contributed by atoms with van der Waals surface area (Å²) in [6.45, 7) is 6.36. The van der Waals surface area contributed by atoms with Gasteiger partial charge in [0.15, 0.2) is 11.9 Å². The van der Waals surface area contributed by atoms with Gasteiger partial charge in [-0.25, -0.2) is 0 Å². The van der Waals surface area contributed by atoms with E-state index in [0.29, 0.717) is 32.4 Å². The number of hydrogen-bond acceptors (Lipinski definition) is 4. The van der Waals surface area contributed by atoms with Crippen LogP contribution in [0.2, 0.25) is 10.0 Å². The van der Waals surface area contributed by atoms with E-state index in [-0.39, 0.29) is 23.7 Å². The molecule has 0 spiro atoms. The molecular formula is C19H19Cl2NO4. The number of esters is 1. The van der Waals surface area contributed by atoms with E-state index in [1.54, 1.807) is 32.0 Å². The summed E-state index contributed by atoms with van der Waals surface area (Å²) in [5, 5.41) is 0.738. The molecule has 2 rings (SSSR count). The molecule has 0 fully saturated rings. The molecule has 0 radical (unpaired) electrons. The minimum absolute atomic E-state index is 0.0318. The molecule has 138 valence electrons. The third-order valence-electron chi connectivity index (χ3n) is 4.05. The van der Waals surface area contributed by atoms with Crippen LogP contribution in [0, 0.1) is 13.8 Å². The molecule has 0 saturated carbocycles. The van der Waals surface area contributed by atoms with Gasteiger partial charge < -0.3 is 9.72 Å². The van der Waals surface area contributed by atoms with E-state index in [2.05, 4.69) is 4.98 Å². The van der Waals surface area contributed by atoms with E-state index in [4.69, 9.17) is 27.9 Å². The molecule has 0 aliphatic carbocycles. The lowest BCUT2D eigenvalue weighted by atomic mass is 10.0. The number of nitrogens with one attached hydrogen (secondary N) is 1. The Kier molecular flexibility index (Phi) is 6.26. The second-order valence-electron chi connectivity index (χ2n) is 6.10. The first-order valence-electron chi connectivity index (χ1n) is 7.99. The lowest BCUT2D eigenvalue weighted by Crippen LogP contribution is -2.26. The van der Waals surface area contributed by atoms with Crippen molar-refractivity contribution in [1.82, 2.24) is 4.98 Å². The van der Waals surface area contributed by atoms with Crippen molar-refractivity contribution in [3.63, 3.8) is 0 Å². The lowest BCUT2D eigenvalue weighted by molar-refractivity contribution is -0.145. The summed E-state index contributed by atoms with van der Waals surface area (Å²) >= 11 is 11.8. The highest BCUT2D eigenvalue weighted by Crippen LogP contribution is 2.23. The number of halogens is 2. The zero-order chi connectivity index (χ0) is 19.6. The van der Waals surface area contributed by atoms with Gasteiger partial charge >= 0.3 is 5.97 Å². The van der Waals surface area contributed by atoms with Crippen molar-refractivity contribution in [2.75, 3.05) is 0 Å². The average Bonchev–Trinajstić information content (AvgIpc) is 2.84. The maximum atomic E-state index is 12.6. The molecule has 1 aromatic carbocycles. The van der Waals surface area contributed by atoms with Gasteiger partial charge in [0.25, 0.3) is 0 Å². The summed E-state index contributed by atoms with van der Waals surface area (Å²) in [5.74, 6) is -1.07. The highest BCUT2D eigenvalue weighted by Gasteiger charge is 2.26. The highest BCUT2D eigenvalue weighted by atomic mass is 35.5. The van der Waals surface area contributed by atoms with E-state index >= 15 is 0 Å². The first-order valence-corrected chi connectivity index (χ1v) is 8.75. The van der Waals surface area contributed by atoms with Crippen LogP contribution in [0.15, 0.2) is 18.2 Å². The Balaban J connectivity index is 2.09. The number of aromatic nitrogens is 1. The van der Waals surface area contributed by atoms with Gasteiger partial charge in [-0.2, -0.15) is 0 Å². The molecule has 7 heteroatoms. The Labute approximate surface area is 161 Å². The molecule has 2 aromatic rings. The molecule has 1 atom stereocenters. The standard InChI is InChI=1S/C19H19Cl2NO4/c1-9-17(11(3)23)10(2)22-18(9)19(25)12(4)26-16(24)8-13-5-6-14(20)15(21)7-13/h5-7,12,22H,8H2,1-4H3/t12-/m1/s1. The van der Waals surface area contributed by atoms with Gasteiger partial charge in [0, 0.05) is 11.3 Å². The molecule has 1 N–H and O–H groups in total. The van der Waals surface area contributed by atoms with Gasteiger partial charge in [0.2, 0.25) is 5.78 Å². The van der Waals surface area contributed by atoms with Crippen molar-refractivity contribution in [3.05, 3.63) is 56.3 Å². The number of H-pyrrole nitrogens is 1. The molecular weight excluding hydrogens is 377 g/mol. The van der Waals surface area contributed by atoms with Crippen molar-refractivity contribution in [2.24, 2.45) is 0 Å². The molecule has 0 saturated heterocycles. The Hall–Kier alpha value is -2.11. The fourth-order valence-electron chi connectivity index (χ4n) is 2.84. The average molecular weight is 396 g/mol. The number of ketones is 2. The van der Waals surface area contributed by atoms with E-state index in [1.807, 2.05) is 0 Å². The van der Waals surface area contributed by atoms with Crippen molar-refractivity contribution in [3.8, 4) is 0 Å². The van der Waals surface area contributed by atoms with E-state index in [9.17, 15) is 14.4 Å². The zero-order valence-corrected chi connectivity index (χ0v) is 16.4. The van der Waals surface area contributed by atoms with E-state index < -0.39 is 12.1 Å². The van der Waals surface area contributed by atoms with Crippen LogP contribution in [-0.4, -0.2) is 28.6 Å². The Bertz CT molecular complexity index is 886. The topological polar surface area (TPSA) is 76.2 Å². The fourth-order valence-corrected chi connectivity index (χ4v) is 3.16. The maximum absolute atomic E-state index is 12.6. The van der Waals surface area contributed by atoms with Gasteiger partial charge in [-0.15, -0.1) is 0 Å². The highest BCUT2D eigenvalue weighted by molar-refractivity contribution is 6.42. The Morgan fingerprint density at radius 3 is 2.35 bits per heavy atom. The van der Waals surface area contributed by atoms with Crippen LogP contribution < -0.4 is 0 Å². The minimum Gasteiger partial charge on any atom is -0.454 e. The molecule has 26 heavy (non-hydrogen) atoms. The molecule has 0 aliphatic heterocycles. The summed E-state index contributed by atoms with van der Waals surface area (Å²) in [6, 6.07) is 4.84. The largest absolute Gasteiger partial charge is 0.454 e. The smallest absolute Gasteiger partial charge is 0.310 e. The quantitative estimate of drug-likeness (QED) is 0.576. The Morgan fingerprint density at radius 2 is 1.81 bits per heavy atom. The number of hydrogen-bond donors (Lipinski definition) is 1. The Morgan fingerprint density at radius 1 is 1.15 bits per heavy atom. The van der Waals surface area contributed by atoms with Crippen LogP contribution in [0.25, 0.3) is 0 Å². The lowest BCUT2D eigenvalue weighted by Gasteiger charge is -2.12. The molecule has 0 bridgehead atoms. The van der Waals surface area contributed by atoms with Crippen molar-refractivity contribution >= 4 is 40.7 Å². The second-order valence-corrected chi connectivity index (χ2v) is 6.92. The predicted molar refractivity (Wildman–Crippen MR) is 100 cm³/mol. The van der Waals surface area contributed by atoms with Gasteiger partial charge in [-0.05, 0) is 51.0 Å². The first kappa shape index (κ1) is 20.2. The molecule has 1 heterocycles. The zero-order valence-electron chi connectivity index (χ0n) is 14.9. The summed E-state index contributed by atoms with van der Waals surface area (Å²) in [5.41, 5.74) is 2.58. The van der Waals surface area contributed by atoms with E-state index in [0.717, 1.165) is 0 Å². The molecule has 0 unspecified atom stereocenters. The predicted octanol–water partition coefficient (Wildman–Crippen LogP) is 4.50. The number of ether oxygens (including phenoxy) is 1. The maximum Gasteiger partial charge on any atom is 0.310 e. The third-order valence-corrected chi connectivity index (χ3v) is 4.78. The van der Waals surface area contributed by atoms with Crippen LogP contribution in [0.1, 0.15) is 51.5 Å². The molecule has 0 aliphatic rings. The minimum atomic E-state index is -0.984. The van der Waals surface area contributed by atoms with Crippen LogP contribution in [0.4, 0.5) is 0 Å². The van der Waals surface area contributed by atoms with Crippen LogP contribution in [0.5, 0.6) is 0 Å². The summed E-state index contributed by atoms with van der Waals surface area (Å²) in [4.78, 5) is 39.3. The van der Waals surface area contributed by atoms with Crippen molar-refractivity contribution < 1.29 is 19.1 Å². The first-order chi connectivity index (χ1) is 12.1. The van der Waals surface area contributed by atoms with Crippen molar-refractivity contribution in [2.45, 2.75) is 40.2 Å². The van der Waals surface area contributed by atoms with Crippen LogP contribution in [0.3, 0.4) is 0 Å². The van der Waals surface area contributed by atoms with Crippen LogP contribution >= 0.6 is 23.2 Å². The number of benzene rings is 1. The summed E-state index contributed by atoms with van der Waals surface area (Å²) in [6.07, 6.45) is -1.02. The monoisotopic (exact) mass is 395 g/mol. The summed E-state index contributed by atoms with van der Waals surface area (Å²) in [7, 11) is 0. The number of rotatable bonds is 6. The van der Waals surface area contributed by atoms with Crippen molar-refractivity contribution in [1.29, 1.82) is 0 Å². The summed E-state index contributed by atoms with van der Waals surface area (Å²) < 4.78 is 5.24. The number of carbonyl (C=O) groups is 3. The number of aryl methyl sites for hydroxylation is 1. The van der Waals surface area contributed by atoms with Gasteiger partial charge in [-0.1, -0.05) is 29.3 Å². The number of Topliss-reactive ketones (excluding diaryl/α,β-unsaturated/α-hetero) is 2. The van der Waals surface area contributed by atoms with Gasteiger partial charge in [-0.3, -0.25) is 14.4 Å². The van der Waals surface area contributed by atoms with Gasteiger partial charge in [0.05, 0.1) is 22.2 Å². The number of aromatic amines is 1. The number of carbonyl (C=O) groups excluding carboxylic acids is 3. The fraction of sp³-hybridized carbons (Fsp3) is 0.316. The second kappa shape index (κ2) is 8.06. The SMILES string of the molecule is CC(=O)c1c(C)[nH]c(C(=O)[C@@H](C)OC(=O)Cc2ccc(Cl)c(Cl)c2)c1C. The normalized spacial score (nSPS) is 11.9. The third kappa shape index (κ3) is 4.34. The molecule has 0 amide bonds. The van der Waals surface area contributed by atoms with Crippen LogP contribution in [-0.2, 0) is 16.0 Å². The van der Waals surface area contributed by atoms with Gasteiger partial charge in [0.1, 0.15) is 0 Å².